The number of carbonyl (C=O) groups excluding carboxylic acids is 2. The maximum absolute atomic E-state index is 13.3. The van der Waals surface area contributed by atoms with Crippen molar-refractivity contribution in [2.24, 2.45) is 0 Å². The van der Waals surface area contributed by atoms with Crippen LogP contribution in [0.3, 0.4) is 0 Å². The van der Waals surface area contributed by atoms with Crippen LogP contribution in [0, 0.1) is 5.82 Å². The van der Waals surface area contributed by atoms with Gasteiger partial charge in [0, 0.05) is 30.4 Å². The summed E-state index contributed by atoms with van der Waals surface area (Å²) in [5, 5.41) is 11.4. The molecule has 2 aromatic carbocycles. The Bertz CT molecular complexity index is 852. The highest BCUT2D eigenvalue weighted by atomic mass is 35.5. The second-order valence-corrected chi connectivity index (χ2v) is 6.48. The predicted octanol–water partition coefficient (Wildman–Crippen LogP) is 3.53. The number of carbonyl (C=O) groups is 2. The minimum Gasteiger partial charge on any atom is -0.396 e. The molecule has 0 heterocycles. The number of nitrogens with zero attached hydrogens (tertiary/aromatic N) is 1. The van der Waals surface area contributed by atoms with Crippen molar-refractivity contribution in [3.63, 3.8) is 0 Å². The molecule has 2 rings (SSSR count). The molecule has 0 spiro atoms. The molecule has 0 radical (unpaired) electrons. The quantitative estimate of drug-likeness (QED) is 0.542. The summed E-state index contributed by atoms with van der Waals surface area (Å²) in [4.78, 5) is 25.7. The van der Waals surface area contributed by atoms with Gasteiger partial charge in [-0.15, -0.1) is 0 Å². The van der Waals surface area contributed by atoms with Gasteiger partial charge in [0.1, 0.15) is 5.82 Å². The van der Waals surface area contributed by atoms with Crippen molar-refractivity contribution in [2.75, 3.05) is 18.1 Å². The number of amides is 2. The van der Waals surface area contributed by atoms with Gasteiger partial charge in [0.2, 0.25) is 0 Å². The molecule has 0 saturated heterocycles. The van der Waals surface area contributed by atoms with Crippen molar-refractivity contribution in [1.29, 1.82) is 0 Å². The Morgan fingerprint density at radius 2 is 1.76 bits per heavy atom. The third-order valence-corrected chi connectivity index (χ3v) is 4.08. The van der Waals surface area contributed by atoms with Crippen molar-refractivity contribution < 1.29 is 32.3 Å². The van der Waals surface area contributed by atoms with Gasteiger partial charge in [-0.2, -0.15) is 13.2 Å². The van der Waals surface area contributed by atoms with Gasteiger partial charge in [-0.1, -0.05) is 11.6 Å². The Morgan fingerprint density at radius 3 is 2.31 bits per heavy atom. The van der Waals surface area contributed by atoms with Gasteiger partial charge >= 0.3 is 18.0 Å². The highest BCUT2D eigenvalue weighted by Gasteiger charge is 2.31. The summed E-state index contributed by atoms with van der Waals surface area (Å²) in [6.45, 7) is -0.545. The van der Waals surface area contributed by atoms with E-state index in [1.807, 2.05) is 0 Å². The van der Waals surface area contributed by atoms with Crippen molar-refractivity contribution in [3.05, 3.63) is 64.4 Å². The van der Waals surface area contributed by atoms with E-state index >= 15 is 0 Å². The maximum atomic E-state index is 13.3. The topological polar surface area (TPSA) is 69.6 Å². The maximum Gasteiger partial charge on any atom is 0.416 e. The highest BCUT2D eigenvalue weighted by Crippen LogP contribution is 2.30. The van der Waals surface area contributed by atoms with Gasteiger partial charge in [-0.05, 0) is 54.4 Å². The number of aliphatic hydroxyl groups is 1. The molecule has 0 aliphatic carbocycles. The predicted molar refractivity (Wildman–Crippen MR) is 98.8 cm³/mol. The van der Waals surface area contributed by atoms with Gasteiger partial charge in [0.15, 0.2) is 0 Å². The van der Waals surface area contributed by atoms with Crippen LogP contribution in [0.25, 0.3) is 0 Å². The van der Waals surface area contributed by atoms with Crippen molar-refractivity contribution in [1.82, 2.24) is 5.32 Å². The standard InChI is InChI=1S/C19H17ClF4N2O3/c20-14-8-12(9-15(21)10-14)11-25-17(28)18(29)26(6-1-7-27)16-4-2-13(3-5-16)19(22,23)24/h2-5,8-10,27H,1,6-7,11H2,(H,25,28). The van der Waals surface area contributed by atoms with E-state index in [9.17, 15) is 27.2 Å². The SMILES string of the molecule is O=C(NCc1cc(F)cc(Cl)c1)C(=O)N(CCCO)c1ccc(C(F)(F)F)cc1. The monoisotopic (exact) mass is 432 g/mol. The summed E-state index contributed by atoms with van der Waals surface area (Å²) >= 11 is 5.73. The molecule has 0 saturated carbocycles. The number of halogens is 5. The van der Waals surface area contributed by atoms with Crippen LogP contribution in [0.15, 0.2) is 42.5 Å². The fraction of sp³-hybridized carbons (Fsp3) is 0.263. The zero-order valence-electron chi connectivity index (χ0n) is 15.0. The molecular formula is C19H17ClF4N2O3. The first-order valence-electron chi connectivity index (χ1n) is 8.44. The number of benzene rings is 2. The van der Waals surface area contributed by atoms with Crippen LogP contribution in [-0.2, 0) is 22.3 Å². The number of hydrogen-bond donors (Lipinski definition) is 2. The number of alkyl halides is 3. The van der Waals surface area contributed by atoms with Crippen molar-refractivity contribution in [2.45, 2.75) is 19.1 Å². The first kappa shape index (κ1) is 22.6. The normalized spacial score (nSPS) is 11.2. The minimum atomic E-state index is -4.54. The summed E-state index contributed by atoms with van der Waals surface area (Å²) in [7, 11) is 0. The van der Waals surface area contributed by atoms with E-state index in [0.717, 1.165) is 41.3 Å². The summed E-state index contributed by atoms with van der Waals surface area (Å²) in [6, 6.07) is 7.35. The molecule has 156 valence electrons. The van der Waals surface area contributed by atoms with Gasteiger partial charge < -0.3 is 15.3 Å². The Labute approximate surface area is 168 Å². The van der Waals surface area contributed by atoms with Crippen LogP contribution in [0.4, 0.5) is 23.2 Å². The van der Waals surface area contributed by atoms with E-state index in [1.54, 1.807) is 0 Å². The molecule has 0 bridgehead atoms. The average Bonchev–Trinajstić information content (AvgIpc) is 2.65. The fourth-order valence-electron chi connectivity index (χ4n) is 2.50. The molecule has 5 nitrogen and oxygen atoms in total. The van der Waals surface area contributed by atoms with Gasteiger partial charge in [-0.3, -0.25) is 9.59 Å². The van der Waals surface area contributed by atoms with E-state index < -0.39 is 29.4 Å². The molecule has 0 unspecified atom stereocenters. The summed E-state index contributed by atoms with van der Waals surface area (Å²) in [5.74, 6) is -2.67. The molecule has 0 aromatic heterocycles. The molecule has 0 fully saturated rings. The summed E-state index contributed by atoms with van der Waals surface area (Å²) in [5.41, 5.74) is -0.503. The number of anilines is 1. The molecule has 0 atom stereocenters. The number of hydrogen-bond acceptors (Lipinski definition) is 3. The number of rotatable bonds is 6. The van der Waals surface area contributed by atoms with Gasteiger partial charge in [0.25, 0.3) is 0 Å². The molecule has 2 aromatic rings. The Morgan fingerprint density at radius 1 is 1.10 bits per heavy atom. The van der Waals surface area contributed by atoms with Crippen LogP contribution >= 0.6 is 11.6 Å². The lowest BCUT2D eigenvalue weighted by atomic mass is 10.1. The zero-order valence-corrected chi connectivity index (χ0v) is 15.7. The van der Waals surface area contributed by atoms with Crippen molar-refractivity contribution in [3.8, 4) is 0 Å². The second kappa shape index (κ2) is 9.71. The van der Waals surface area contributed by atoms with E-state index in [-0.39, 0.29) is 36.8 Å². The summed E-state index contributed by atoms with van der Waals surface area (Å²) < 4.78 is 51.5. The highest BCUT2D eigenvalue weighted by molar-refractivity contribution is 6.40. The second-order valence-electron chi connectivity index (χ2n) is 6.04. The lowest BCUT2D eigenvalue weighted by Gasteiger charge is -2.22. The Balaban J connectivity index is 2.13. The van der Waals surface area contributed by atoms with Crippen molar-refractivity contribution >= 4 is 29.1 Å². The van der Waals surface area contributed by atoms with E-state index in [2.05, 4.69) is 5.32 Å². The molecule has 2 N–H and O–H groups in total. The largest absolute Gasteiger partial charge is 0.416 e. The first-order valence-corrected chi connectivity index (χ1v) is 8.82. The minimum absolute atomic E-state index is 0.0698. The smallest absolute Gasteiger partial charge is 0.396 e. The molecule has 29 heavy (non-hydrogen) atoms. The lowest BCUT2D eigenvalue weighted by Crippen LogP contribution is -2.43. The first-order chi connectivity index (χ1) is 13.6. The fourth-order valence-corrected chi connectivity index (χ4v) is 2.74. The van der Waals surface area contributed by atoms with Crippen LogP contribution in [0.5, 0.6) is 0 Å². The Kier molecular flexibility index (Phi) is 7.58. The summed E-state index contributed by atoms with van der Waals surface area (Å²) in [6.07, 6.45) is -4.43. The molecule has 0 aliphatic rings. The Hall–Kier alpha value is -2.65. The van der Waals surface area contributed by atoms with Gasteiger partial charge in [0.05, 0.1) is 5.56 Å². The van der Waals surface area contributed by atoms with E-state index in [4.69, 9.17) is 16.7 Å². The van der Waals surface area contributed by atoms with Crippen LogP contribution in [-0.4, -0.2) is 30.1 Å². The van der Waals surface area contributed by atoms with E-state index in [0.29, 0.717) is 5.56 Å². The van der Waals surface area contributed by atoms with Gasteiger partial charge in [-0.25, -0.2) is 4.39 Å². The van der Waals surface area contributed by atoms with Crippen LogP contribution in [0.1, 0.15) is 17.5 Å². The lowest BCUT2D eigenvalue weighted by molar-refractivity contribution is -0.138. The average molecular weight is 433 g/mol. The van der Waals surface area contributed by atoms with E-state index in [1.165, 1.54) is 6.07 Å². The third-order valence-electron chi connectivity index (χ3n) is 3.86. The van der Waals surface area contributed by atoms with Crippen LogP contribution in [0.2, 0.25) is 5.02 Å². The molecular weight excluding hydrogens is 416 g/mol. The molecule has 10 heteroatoms. The number of aliphatic hydroxyl groups excluding tert-OH is 1. The van der Waals surface area contributed by atoms with Crippen LogP contribution < -0.4 is 10.2 Å². The molecule has 2 amide bonds. The molecule has 0 aliphatic heterocycles. The zero-order chi connectivity index (χ0) is 21.6. The number of nitrogens with one attached hydrogen (secondary N) is 1. The third kappa shape index (κ3) is 6.43.